The highest BCUT2D eigenvalue weighted by Crippen LogP contribution is 2.26. The maximum absolute atomic E-state index is 11.0. The molecule has 1 aromatic carbocycles. The Bertz CT molecular complexity index is 445. The van der Waals surface area contributed by atoms with E-state index < -0.39 is 0 Å². The van der Waals surface area contributed by atoms with Crippen LogP contribution in [0.3, 0.4) is 0 Å². The molecule has 3 nitrogen and oxygen atoms in total. The van der Waals surface area contributed by atoms with Gasteiger partial charge in [-0.05, 0) is 24.6 Å². The van der Waals surface area contributed by atoms with Gasteiger partial charge in [-0.1, -0.05) is 29.4 Å². The number of rotatable bonds is 1. The monoisotopic (exact) mass is 240 g/mol. The largest absolute Gasteiger partial charge is 0.304 e. The SMILES string of the molecule is Cc1c(Cl)cccc1N=C1NC(=O)CS1. The van der Waals surface area contributed by atoms with Gasteiger partial charge in [0.1, 0.15) is 0 Å². The predicted molar refractivity (Wildman–Crippen MR) is 63.9 cm³/mol. The van der Waals surface area contributed by atoms with Gasteiger partial charge in [-0.25, -0.2) is 4.99 Å². The maximum Gasteiger partial charge on any atom is 0.236 e. The van der Waals surface area contributed by atoms with Crippen LogP contribution < -0.4 is 5.32 Å². The van der Waals surface area contributed by atoms with Gasteiger partial charge >= 0.3 is 0 Å². The molecule has 15 heavy (non-hydrogen) atoms. The van der Waals surface area contributed by atoms with Crippen molar-refractivity contribution in [2.75, 3.05) is 5.75 Å². The van der Waals surface area contributed by atoms with Crippen molar-refractivity contribution >= 4 is 40.1 Å². The molecule has 2 rings (SSSR count). The fourth-order valence-electron chi connectivity index (χ4n) is 1.21. The summed E-state index contributed by atoms with van der Waals surface area (Å²) >= 11 is 7.37. The van der Waals surface area contributed by atoms with Gasteiger partial charge in [-0.3, -0.25) is 4.79 Å². The summed E-state index contributed by atoms with van der Waals surface area (Å²) in [5, 5.41) is 4.01. The van der Waals surface area contributed by atoms with Crippen LogP contribution in [-0.4, -0.2) is 16.8 Å². The van der Waals surface area contributed by atoms with Crippen molar-refractivity contribution < 1.29 is 4.79 Å². The lowest BCUT2D eigenvalue weighted by molar-refractivity contribution is -0.116. The average molecular weight is 241 g/mol. The van der Waals surface area contributed by atoms with E-state index >= 15 is 0 Å². The second kappa shape index (κ2) is 4.24. The zero-order valence-electron chi connectivity index (χ0n) is 8.08. The number of halogens is 1. The van der Waals surface area contributed by atoms with E-state index in [1.165, 1.54) is 11.8 Å². The first kappa shape index (κ1) is 10.5. The van der Waals surface area contributed by atoms with Crippen LogP contribution >= 0.6 is 23.4 Å². The number of benzene rings is 1. The number of thioether (sulfide) groups is 1. The molecule has 0 bridgehead atoms. The maximum atomic E-state index is 11.0. The van der Waals surface area contributed by atoms with Crippen molar-refractivity contribution in [2.24, 2.45) is 4.99 Å². The van der Waals surface area contributed by atoms with Gasteiger partial charge in [0.15, 0.2) is 5.17 Å². The van der Waals surface area contributed by atoms with E-state index in [1.807, 2.05) is 25.1 Å². The van der Waals surface area contributed by atoms with Crippen LogP contribution in [0.15, 0.2) is 23.2 Å². The Labute approximate surface area is 96.9 Å². The quantitative estimate of drug-likeness (QED) is 0.820. The average Bonchev–Trinajstić information content (AvgIpc) is 2.59. The highest BCUT2D eigenvalue weighted by molar-refractivity contribution is 8.15. The van der Waals surface area contributed by atoms with Crippen LogP contribution in [0, 0.1) is 6.92 Å². The molecule has 0 atom stereocenters. The first-order valence-corrected chi connectivity index (χ1v) is 5.79. The lowest BCUT2D eigenvalue weighted by atomic mass is 10.2. The van der Waals surface area contributed by atoms with Gasteiger partial charge in [0.2, 0.25) is 5.91 Å². The standard InChI is InChI=1S/C10H9ClN2OS/c1-6-7(11)3-2-4-8(6)12-10-13-9(14)5-15-10/h2-4H,5H2,1H3,(H,12,13,14). The number of amides is 1. The molecule has 0 spiro atoms. The second-order valence-electron chi connectivity index (χ2n) is 3.14. The molecule has 0 aliphatic carbocycles. The molecule has 0 unspecified atom stereocenters. The van der Waals surface area contributed by atoms with Crippen molar-refractivity contribution in [1.29, 1.82) is 0 Å². The number of nitrogens with zero attached hydrogens (tertiary/aromatic N) is 1. The lowest BCUT2D eigenvalue weighted by Crippen LogP contribution is -2.19. The summed E-state index contributed by atoms with van der Waals surface area (Å²) in [6.07, 6.45) is 0. The van der Waals surface area contributed by atoms with E-state index in [0.29, 0.717) is 15.9 Å². The van der Waals surface area contributed by atoms with Crippen LogP contribution in [0.5, 0.6) is 0 Å². The molecule has 1 fully saturated rings. The molecule has 1 aromatic rings. The van der Waals surface area contributed by atoms with Crippen LogP contribution in [0.2, 0.25) is 5.02 Å². The summed E-state index contributed by atoms with van der Waals surface area (Å²) in [6.45, 7) is 1.91. The van der Waals surface area contributed by atoms with Crippen LogP contribution in [0.4, 0.5) is 5.69 Å². The Morgan fingerprint density at radius 3 is 3.00 bits per heavy atom. The molecule has 0 saturated carbocycles. The number of carbonyl (C=O) groups is 1. The van der Waals surface area contributed by atoms with E-state index in [-0.39, 0.29) is 5.91 Å². The summed E-state index contributed by atoms with van der Waals surface area (Å²) < 4.78 is 0. The van der Waals surface area contributed by atoms with Crippen molar-refractivity contribution in [2.45, 2.75) is 6.92 Å². The third kappa shape index (κ3) is 2.33. The fraction of sp³-hybridized carbons (Fsp3) is 0.200. The van der Waals surface area contributed by atoms with Gasteiger partial charge in [-0.2, -0.15) is 0 Å². The number of hydrogen-bond acceptors (Lipinski definition) is 3. The molecular formula is C10H9ClN2OS. The first-order valence-electron chi connectivity index (χ1n) is 4.43. The Balaban J connectivity index is 2.31. The van der Waals surface area contributed by atoms with Gasteiger partial charge in [0.05, 0.1) is 11.4 Å². The van der Waals surface area contributed by atoms with Crippen molar-refractivity contribution in [3.8, 4) is 0 Å². The summed E-state index contributed by atoms with van der Waals surface area (Å²) in [6, 6.07) is 5.54. The first-order chi connectivity index (χ1) is 7.16. The summed E-state index contributed by atoms with van der Waals surface area (Å²) in [5.74, 6) is 0.441. The number of carbonyl (C=O) groups excluding carboxylic acids is 1. The molecular weight excluding hydrogens is 232 g/mol. The van der Waals surface area contributed by atoms with E-state index in [2.05, 4.69) is 10.3 Å². The minimum absolute atomic E-state index is 0.00145. The van der Waals surface area contributed by atoms with Gasteiger partial charge in [0.25, 0.3) is 0 Å². The summed E-state index contributed by atoms with van der Waals surface area (Å²) in [5.41, 5.74) is 1.72. The minimum atomic E-state index is -0.00145. The fourth-order valence-corrected chi connectivity index (χ4v) is 2.07. The highest BCUT2D eigenvalue weighted by atomic mass is 35.5. The molecule has 1 heterocycles. The van der Waals surface area contributed by atoms with Crippen molar-refractivity contribution in [3.05, 3.63) is 28.8 Å². The normalized spacial score (nSPS) is 18.3. The number of aliphatic imine (C=N–C) groups is 1. The summed E-state index contributed by atoms with van der Waals surface area (Å²) in [4.78, 5) is 15.3. The third-order valence-corrected chi connectivity index (χ3v) is 3.33. The molecule has 1 aliphatic rings. The van der Waals surface area contributed by atoms with Gasteiger partial charge < -0.3 is 5.32 Å². The Kier molecular flexibility index (Phi) is 2.98. The van der Waals surface area contributed by atoms with E-state index in [9.17, 15) is 4.79 Å². The smallest absolute Gasteiger partial charge is 0.236 e. The topological polar surface area (TPSA) is 41.5 Å². The molecule has 1 N–H and O–H groups in total. The number of amidine groups is 1. The molecule has 1 aliphatic heterocycles. The van der Waals surface area contributed by atoms with E-state index in [0.717, 1.165) is 11.3 Å². The number of hydrogen-bond donors (Lipinski definition) is 1. The van der Waals surface area contributed by atoms with E-state index in [1.54, 1.807) is 0 Å². The Morgan fingerprint density at radius 1 is 1.53 bits per heavy atom. The zero-order chi connectivity index (χ0) is 10.8. The molecule has 1 saturated heterocycles. The Hall–Kier alpha value is -1.000. The Morgan fingerprint density at radius 2 is 2.33 bits per heavy atom. The highest BCUT2D eigenvalue weighted by Gasteiger charge is 2.16. The van der Waals surface area contributed by atoms with Gasteiger partial charge in [-0.15, -0.1) is 0 Å². The lowest BCUT2D eigenvalue weighted by Gasteiger charge is -2.02. The second-order valence-corrected chi connectivity index (χ2v) is 4.51. The van der Waals surface area contributed by atoms with Crippen molar-refractivity contribution in [1.82, 2.24) is 5.32 Å². The minimum Gasteiger partial charge on any atom is -0.304 e. The summed E-state index contributed by atoms with van der Waals surface area (Å²) in [7, 11) is 0. The van der Waals surface area contributed by atoms with Crippen LogP contribution in [0.1, 0.15) is 5.56 Å². The molecule has 0 radical (unpaired) electrons. The third-order valence-electron chi connectivity index (χ3n) is 2.05. The number of nitrogens with one attached hydrogen (secondary N) is 1. The van der Waals surface area contributed by atoms with E-state index in [4.69, 9.17) is 11.6 Å². The predicted octanol–water partition coefficient (Wildman–Crippen LogP) is 2.50. The molecule has 1 amide bonds. The van der Waals surface area contributed by atoms with Crippen molar-refractivity contribution in [3.63, 3.8) is 0 Å². The molecule has 0 aromatic heterocycles. The van der Waals surface area contributed by atoms with Gasteiger partial charge in [0, 0.05) is 5.02 Å². The van der Waals surface area contributed by atoms with Crippen LogP contribution in [0.25, 0.3) is 0 Å². The molecule has 5 heteroatoms. The zero-order valence-corrected chi connectivity index (χ0v) is 9.65. The molecule has 78 valence electrons. The van der Waals surface area contributed by atoms with Crippen LogP contribution in [-0.2, 0) is 4.79 Å².